The predicted octanol–water partition coefficient (Wildman–Crippen LogP) is 3.39. The Balaban J connectivity index is 1.98. The van der Waals surface area contributed by atoms with Crippen molar-refractivity contribution >= 4 is 17.5 Å². The maximum atomic E-state index is 14.2. The number of carbonyl (C=O) groups excluding carboxylic acids is 2. The number of halogens is 3. The number of fused-ring (bicyclic) bond motifs is 1. The van der Waals surface area contributed by atoms with E-state index in [1.54, 1.807) is 6.07 Å². The average Bonchev–Trinajstić information content (AvgIpc) is 2.80. The number of amides is 2. The maximum Gasteiger partial charge on any atom is 0.251 e. The quantitative estimate of drug-likeness (QED) is 0.546. The molecule has 3 N–H and O–H groups in total. The van der Waals surface area contributed by atoms with E-state index in [-0.39, 0.29) is 24.4 Å². The lowest BCUT2D eigenvalue weighted by Crippen LogP contribution is -2.55. The Morgan fingerprint density at radius 2 is 1.76 bits per heavy atom. The summed E-state index contributed by atoms with van der Waals surface area (Å²) in [5, 5.41) is 8.63. The van der Waals surface area contributed by atoms with E-state index in [9.17, 15) is 22.8 Å². The first-order valence-electron chi connectivity index (χ1n) is 11.4. The molecule has 6 nitrogen and oxygen atoms in total. The second kappa shape index (κ2) is 11.0. The second-order valence-corrected chi connectivity index (χ2v) is 8.93. The highest BCUT2D eigenvalue weighted by molar-refractivity contribution is 5.99. The van der Waals surface area contributed by atoms with Gasteiger partial charge in [-0.25, -0.2) is 13.2 Å². The highest BCUT2D eigenvalue weighted by Crippen LogP contribution is 2.33. The van der Waals surface area contributed by atoms with E-state index >= 15 is 0 Å². The van der Waals surface area contributed by atoms with Crippen LogP contribution < -0.4 is 16.0 Å². The molecule has 2 amide bonds. The minimum absolute atomic E-state index is 0.0989. The Morgan fingerprint density at radius 1 is 1.09 bits per heavy atom. The molecule has 34 heavy (non-hydrogen) atoms. The summed E-state index contributed by atoms with van der Waals surface area (Å²) in [6.07, 6.45) is 0.428. The molecular weight excluding hydrogens is 445 g/mol. The Labute approximate surface area is 197 Å². The smallest absolute Gasteiger partial charge is 0.251 e. The number of carbonyl (C=O) groups is 2. The van der Waals surface area contributed by atoms with Gasteiger partial charge in [-0.15, -0.1) is 0 Å². The average molecular weight is 477 g/mol. The first kappa shape index (κ1) is 25.7. The third-order valence-electron chi connectivity index (χ3n) is 6.15. The van der Waals surface area contributed by atoms with Gasteiger partial charge in [-0.2, -0.15) is 0 Å². The van der Waals surface area contributed by atoms with Crippen LogP contribution in [0.25, 0.3) is 0 Å². The van der Waals surface area contributed by atoms with Gasteiger partial charge >= 0.3 is 0 Å². The first-order valence-corrected chi connectivity index (χ1v) is 11.4. The van der Waals surface area contributed by atoms with E-state index in [1.165, 1.54) is 23.1 Å². The summed E-state index contributed by atoms with van der Waals surface area (Å²) in [5.74, 6) is -3.69. The SMILES string of the molecule is CN[C@@H](C)CN[C@H](C(=O)N1CCc2ccc(F)cc2C1C(=O)Nc1c(F)cccc1F)C(C)C. The number of nitrogens with zero attached hydrogens (tertiary/aromatic N) is 1. The van der Waals surface area contributed by atoms with Gasteiger partial charge in [-0.05, 0) is 61.7 Å². The molecule has 3 rings (SSSR count). The molecule has 3 atom stereocenters. The number of rotatable bonds is 8. The van der Waals surface area contributed by atoms with Crippen LogP contribution in [0.3, 0.4) is 0 Å². The van der Waals surface area contributed by atoms with Crippen LogP contribution in [-0.2, 0) is 16.0 Å². The zero-order chi connectivity index (χ0) is 25.0. The molecule has 1 heterocycles. The van der Waals surface area contributed by atoms with Crippen LogP contribution in [0.15, 0.2) is 36.4 Å². The molecule has 0 saturated carbocycles. The third-order valence-corrected chi connectivity index (χ3v) is 6.15. The van der Waals surface area contributed by atoms with Crippen molar-refractivity contribution < 1.29 is 22.8 Å². The van der Waals surface area contributed by atoms with Crippen molar-refractivity contribution in [1.82, 2.24) is 15.5 Å². The fourth-order valence-electron chi connectivity index (χ4n) is 4.11. The summed E-state index contributed by atoms with van der Waals surface area (Å²) in [6, 6.07) is 5.57. The first-order chi connectivity index (χ1) is 16.1. The number of anilines is 1. The van der Waals surface area contributed by atoms with Crippen LogP contribution in [0.1, 0.15) is 37.9 Å². The van der Waals surface area contributed by atoms with Gasteiger partial charge < -0.3 is 20.9 Å². The minimum atomic E-state index is -1.24. The van der Waals surface area contributed by atoms with Crippen LogP contribution in [0, 0.1) is 23.4 Å². The highest BCUT2D eigenvalue weighted by Gasteiger charge is 2.40. The van der Waals surface area contributed by atoms with Crippen LogP contribution in [0.2, 0.25) is 0 Å². The predicted molar refractivity (Wildman–Crippen MR) is 125 cm³/mol. The van der Waals surface area contributed by atoms with Crippen LogP contribution >= 0.6 is 0 Å². The van der Waals surface area contributed by atoms with E-state index in [0.29, 0.717) is 24.1 Å². The minimum Gasteiger partial charge on any atom is -0.325 e. The molecule has 1 unspecified atom stereocenters. The topological polar surface area (TPSA) is 73.5 Å². The fraction of sp³-hybridized carbons (Fsp3) is 0.440. The van der Waals surface area contributed by atoms with E-state index in [2.05, 4.69) is 16.0 Å². The van der Waals surface area contributed by atoms with E-state index < -0.39 is 41.1 Å². The van der Waals surface area contributed by atoms with Gasteiger partial charge in [0.1, 0.15) is 29.2 Å². The molecule has 0 aliphatic carbocycles. The van der Waals surface area contributed by atoms with Gasteiger partial charge in [0.05, 0.1) is 6.04 Å². The third kappa shape index (κ3) is 5.59. The van der Waals surface area contributed by atoms with Gasteiger partial charge in [0, 0.05) is 19.1 Å². The Morgan fingerprint density at radius 3 is 2.38 bits per heavy atom. The number of nitrogens with one attached hydrogen (secondary N) is 3. The highest BCUT2D eigenvalue weighted by atomic mass is 19.1. The van der Waals surface area contributed by atoms with Gasteiger partial charge in [0.15, 0.2) is 0 Å². The van der Waals surface area contributed by atoms with Gasteiger partial charge in [0.2, 0.25) is 5.91 Å². The normalized spacial score (nSPS) is 17.3. The molecule has 0 bridgehead atoms. The van der Waals surface area contributed by atoms with Crippen LogP contribution in [0.5, 0.6) is 0 Å². The van der Waals surface area contributed by atoms with Crippen molar-refractivity contribution in [3.05, 3.63) is 65.0 Å². The summed E-state index contributed by atoms with van der Waals surface area (Å²) < 4.78 is 42.6. The molecule has 0 fully saturated rings. The number of benzene rings is 2. The molecular formula is C25H31F3N4O2. The number of likely N-dealkylation sites (N-methyl/N-ethyl adjacent to an activating group) is 1. The lowest BCUT2D eigenvalue weighted by molar-refractivity contribution is -0.142. The summed E-state index contributed by atoms with van der Waals surface area (Å²) in [5.41, 5.74) is 0.405. The van der Waals surface area contributed by atoms with Gasteiger partial charge in [-0.1, -0.05) is 26.0 Å². The Hall–Kier alpha value is -2.91. The molecule has 2 aromatic carbocycles. The molecule has 0 aromatic heterocycles. The lowest BCUT2D eigenvalue weighted by Gasteiger charge is -2.39. The Bertz CT molecular complexity index is 1030. The molecule has 184 valence electrons. The van der Waals surface area contributed by atoms with Gasteiger partial charge in [-0.3, -0.25) is 9.59 Å². The van der Waals surface area contributed by atoms with E-state index in [1.807, 2.05) is 27.8 Å². The van der Waals surface area contributed by atoms with Gasteiger partial charge in [0.25, 0.3) is 5.91 Å². The van der Waals surface area contributed by atoms with Crippen LogP contribution in [-0.4, -0.2) is 48.9 Å². The standard InChI is InChI=1S/C25H31F3N4O2/c1-14(2)21(30-13-15(3)29-4)25(34)32-11-10-16-8-9-17(26)12-18(16)23(32)24(33)31-22-19(27)6-5-7-20(22)28/h5-9,12,14-15,21,23,29-30H,10-11,13H2,1-4H3,(H,31,33)/t15-,21-,23?/m0/s1. The molecule has 1 aliphatic heterocycles. The Kier molecular flexibility index (Phi) is 8.33. The molecule has 0 spiro atoms. The monoisotopic (exact) mass is 476 g/mol. The summed E-state index contributed by atoms with van der Waals surface area (Å²) in [7, 11) is 1.82. The molecule has 0 radical (unpaired) electrons. The maximum absolute atomic E-state index is 14.2. The molecule has 2 aromatic rings. The second-order valence-electron chi connectivity index (χ2n) is 8.93. The van der Waals surface area contributed by atoms with Crippen molar-refractivity contribution in [3.8, 4) is 0 Å². The van der Waals surface area contributed by atoms with Crippen molar-refractivity contribution in [2.24, 2.45) is 5.92 Å². The summed E-state index contributed by atoms with van der Waals surface area (Å²) in [6.45, 7) is 6.47. The van der Waals surface area contributed by atoms with E-state index in [4.69, 9.17) is 0 Å². The van der Waals surface area contributed by atoms with Crippen molar-refractivity contribution in [3.63, 3.8) is 0 Å². The lowest BCUT2D eigenvalue weighted by atomic mass is 9.90. The van der Waals surface area contributed by atoms with E-state index in [0.717, 1.165) is 12.1 Å². The number of hydrogen-bond donors (Lipinski definition) is 3. The zero-order valence-electron chi connectivity index (χ0n) is 19.8. The number of para-hydroxylation sites is 1. The van der Waals surface area contributed by atoms with Crippen molar-refractivity contribution in [1.29, 1.82) is 0 Å². The fourth-order valence-corrected chi connectivity index (χ4v) is 4.11. The zero-order valence-corrected chi connectivity index (χ0v) is 19.8. The molecule has 0 saturated heterocycles. The van der Waals surface area contributed by atoms with Crippen molar-refractivity contribution in [2.45, 2.75) is 45.3 Å². The van der Waals surface area contributed by atoms with Crippen molar-refractivity contribution in [2.75, 3.05) is 25.5 Å². The summed E-state index contributed by atoms with van der Waals surface area (Å²) >= 11 is 0. The molecule has 9 heteroatoms. The van der Waals surface area contributed by atoms with Crippen LogP contribution in [0.4, 0.5) is 18.9 Å². The number of hydrogen-bond acceptors (Lipinski definition) is 4. The molecule has 1 aliphatic rings. The largest absolute Gasteiger partial charge is 0.325 e. The summed E-state index contributed by atoms with van der Waals surface area (Å²) in [4.78, 5) is 28.4.